The van der Waals surface area contributed by atoms with Crippen molar-refractivity contribution < 1.29 is 0 Å². The molecule has 10 rings (SSSR count). The van der Waals surface area contributed by atoms with E-state index >= 15 is 0 Å². The zero-order chi connectivity index (χ0) is 37.3. The normalized spacial score (nSPS) is 11.2. The van der Waals surface area contributed by atoms with Crippen LogP contribution in [-0.4, -0.2) is 15.0 Å². The van der Waals surface area contributed by atoms with Crippen molar-refractivity contribution in [2.45, 2.75) is 0 Å². The topological polar surface area (TPSA) is 38.7 Å². The highest BCUT2D eigenvalue weighted by Crippen LogP contribution is 2.40. The average Bonchev–Trinajstić information content (AvgIpc) is 3.29. The van der Waals surface area contributed by atoms with Crippen molar-refractivity contribution >= 4 is 21.7 Å². The summed E-state index contributed by atoms with van der Waals surface area (Å²) in [5.41, 5.74) is 14.9. The van der Waals surface area contributed by atoms with E-state index in [0.29, 0.717) is 5.82 Å². The van der Waals surface area contributed by atoms with Crippen LogP contribution in [0.15, 0.2) is 212 Å². The van der Waals surface area contributed by atoms with Crippen LogP contribution >= 0.6 is 0 Å². The van der Waals surface area contributed by atoms with Crippen molar-refractivity contribution in [1.82, 2.24) is 15.0 Å². The first-order valence-electron chi connectivity index (χ1n) is 18.9. The van der Waals surface area contributed by atoms with Crippen LogP contribution in [0.1, 0.15) is 0 Å². The van der Waals surface area contributed by atoms with E-state index < -0.39 is 0 Å². The fourth-order valence-electron chi connectivity index (χ4n) is 7.71. The number of nitrogens with zero attached hydrogens (tertiary/aromatic N) is 3. The molecule has 3 nitrogen and oxygen atoms in total. The van der Waals surface area contributed by atoms with Gasteiger partial charge < -0.3 is 0 Å². The maximum absolute atomic E-state index is 5.16. The molecular weight excluding hydrogens is 679 g/mol. The van der Waals surface area contributed by atoms with Gasteiger partial charge in [0.25, 0.3) is 0 Å². The van der Waals surface area contributed by atoms with E-state index in [1.807, 2.05) is 12.1 Å². The fraction of sp³-hybridized carbons (Fsp3) is 0. The molecule has 0 atom stereocenters. The number of pyridine rings is 1. The summed E-state index contributed by atoms with van der Waals surface area (Å²) in [6.07, 6.45) is 0. The first-order chi connectivity index (χ1) is 27.7. The molecule has 262 valence electrons. The predicted octanol–water partition coefficient (Wildman–Crippen LogP) is 13.8. The molecule has 0 spiro atoms. The van der Waals surface area contributed by atoms with Crippen LogP contribution in [0.4, 0.5) is 0 Å². The summed E-state index contributed by atoms with van der Waals surface area (Å²) >= 11 is 0. The van der Waals surface area contributed by atoms with E-state index in [2.05, 4.69) is 200 Å². The van der Waals surface area contributed by atoms with Crippen molar-refractivity contribution in [3.8, 4) is 78.5 Å². The lowest BCUT2D eigenvalue weighted by molar-refractivity contribution is 1.18. The summed E-state index contributed by atoms with van der Waals surface area (Å²) < 4.78 is 0. The lowest BCUT2D eigenvalue weighted by atomic mass is 9.91. The van der Waals surface area contributed by atoms with Gasteiger partial charge in [0, 0.05) is 38.4 Å². The maximum atomic E-state index is 5.16. The molecule has 3 heteroatoms. The summed E-state index contributed by atoms with van der Waals surface area (Å²) in [5.74, 6) is 0.698. The summed E-state index contributed by atoms with van der Waals surface area (Å²) in [5, 5.41) is 3.51. The Morgan fingerprint density at radius 2 is 0.732 bits per heavy atom. The molecule has 2 aromatic heterocycles. The van der Waals surface area contributed by atoms with Gasteiger partial charge in [0.15, 0.2) is 5.82 Å². The minimum Gasteiger partial charge on any atom is -0.247 e. The maximum Gasteiger partial charge on any atom is 0.160 e. The van der Waals surface area contributed by atoms with Crippen LogP contribution in [0.5, 0.6) is 0 Å². The van der Waals surface area contributed by atoms with Gasteiger partial charge in [-0.05, 0) is 57.6 Å². The van der Waals surface area contributed by atoms with Crippen molar-refractivity contribution in [1.29, 1.82) is 0 Å². The molecule has 10 aromatic rings. The highest BCUT2D eigenvalue weighted by molar-refractivity contribution is 6.17. The highest BCUT2D eigenvalue weighted by Gasteiger charge is 2.16. The molecule has 8 aromatic carbocycles. The summed E-state index contributed by atoms with van der Waals surface area (Å²) in [6, 6.07) is 74.5. The van der Waals surface area contributed by atoms with E-state index in [9.17, 15) is 0 Å². The molecule has 0 bridgehead atoms. The van der Waals surface area contributed by atoms with Crippen LogP contribution in [-0.2, 0) is 0 Å². The van der Waals surface area contributed by atoms with Gasteiger partial charge in [-0.25, -0.2) is 15.0 Å². The third kappa shape index (κ3) is 6.31. The smallest absolute Gasteiger partial charge is 0.160 e. The van der Waals surface area contributed by atoms with Crippen LogP contribution < -0.4 is 0 Å². The van der Waals surface area contributed by atoms with E-state index in [-0.39, 0.29) is 0 Å². The number of para-hydroxylation sites is 1. The van der Waals surface area contributed by atoms with Gasteiger partial charge in [0.05, 0.1) is 22.6 Å². The Kier molecular flexibility index (Phi) is 8.51. The second kappa shape index (κ2) is 14.4. The number of rotatable bonds is 7. The molecular formula is C53H35N3. The standard InChI is InChI=1S/C53H35N3/c1-4-15-36(16-5-1)42-22-13-24-44(34-42)53-55-49(38-17-6-2-7-18-38)35-50(56-53)39-31-29-37(30-32-39)41-21-12-23-43(33-41)45-26-14-27-47-51(45)46-25-10-11-28-48(46)54-52(47)40-19-8-3-9-20-40/h1-35H. The van der Waals surface area contributed by atoms with E-state index in [1.165, 1.54) is 16.5 Å². The number of hydrogen-bond acceptors (Lipinski definition) is 3. The quantitative estimate of drug-likeness (QED) is 0.154. The number of benzene rings is 8. The van der Waals surface area contributed by atoms with Gasteiger partial charge in [-0.1, -0.05) is 188 Å². The third-order valence-corrected chi connectivity index (χ3v) is 10.5. The molecule has 0 radical (unpaired) electrons. The Hall–Kier alpha value is -7.49. The first-order valence-corrected chi connectivity index (χ1v) is 18.9. The molecule has 0 fully saturated rings. The molecule has 0 aliphatic rings. The second-order valence-electron chi connectivity index (χ2n) is 14.0. The van der Waals surface area contributed by atoms with Gasteiger partial charge in [0.1, 0.15) is 0 Å². The minimum atomic E-state index is 0.698. The fourth-order valence-corrected chi connectivity index (χ4v) is 7.71. The Morgan fingerprint density at radius 3 is 1.43 bits per heavy atom. The molecule has 0 N–H and O–H groups in total. The molecule has 2 heterocycles. The Labute approximate surface area is 326 Å². The predicted molar refractivity (Wildman–Crippen MR) is 233 cm³/mol. The van der Waals surface area contributed by atoms with Gasteiger partial charge in [-0.15, -0.1) is 0 Å². The number of fused-ring (bicyclic) bond motifs is 3. The monoisotopic (exact) mass is 713 g/mol. The molecule has 0 saturated heterocycles. The number of hydrogen-bond donors (Lipinski definition) is 0. The number of aromatic nitrogens is 3. The second-order valence-corrected chi connectivity index (χ2v) is 14.0. The first kappa shape index (κ1) is 33.1. The van der Waals surface area contributed by atoms with Crippen LogP contribution in [0, 0.1) is 0 Å². The summed E-state index contributed by atoms with van der Waals surface area (Å²) in [7, 11) is 0. The summed E-state index contributed by atoms with van der Waals surface area (Å²) in [4.78, 5) is 15.4. The van der Waals surface area contributed by atoms with Crippen molar-refractivity contribution in [3.63, 3.8) is 0 Å². The Balaban J connectivity index is 1.04. The average molecular weight is 714 g/mol. The van der Waals surface area contributed by atoms with E-state index in [4.69, 9.17) is 15.0 Å². The summed E-state index contributed by atoms with van der Waals surface area (Å²) in [6.45, 7) is 0. The van der Waals surface area contributed by atoms with Crippen LogP contribution in [0.25, 0.3) is 100 Å². The van der Waals surface area contributed by atoms with E-state index in [1.54, 1.807) is 0 Å². The molecule has 0 aliphatic heterocycles. The third-order valence-electron chi connectivity index (χ3n) is 10.5. The highest BCUT2D eigenvalue weighted by atomic mass is 14.9. The van der Waals surface area contributed by atoms with Crippen LogP contribution in [0.3, 0.4) is 0 Å². The molecule has 0 aliphatic carbocycles. The Morgan fingerprint density at radius 1 is 0.268 bits per heavy atom. The molecule has 0 saturated carbocycles. The Bertz CT molecular complexity index is 2990. The van der Waals surface area contributed by atoms with Crippen molar-refractivity contribution in [3.05, 3.63) is 212 Å². The lowest BCUT2D eigenvalue weighted by Gasteiger charge is -2.15. The zero-order valence-corrected chi connectivity index (χ0v) is 30.5. The van der Waals surface area contributed by atoms with E-state index in [0.717, 1.165) is 77.9 Å². The van der Waals surface area contributed by atoms with Gasteiger partial charge in [-0.2, -0.15) is 0 Å². The molecule has 0 unspecified atom stereocenters. The zero-order valence-electron chi connectivity index (χ0n) is 30.5. The van der Waals surface area contributed by atoms with Crippen molar-refractivity contribution in [2.24, 2.45) is 0 Å². The largest absolute Gasteiger partial charge is 0.247 e. The molecule has 0 amide bonds. The minimum absolute atomic E-state index is 0.698. The lowest BCUT2D eigenvalue weighted by Crippen LogP contribution is -1.96. The van der Waals surface area contributed by atoms with Crippen molar-refractivity contribution in [2.75, 3.05) is 0 Å². The van der Waals surface area contributed by atoms with Gasteiger partial charge >= 0.3 is 0 Å². The van der Waals surface area contributed by atoms with Gasteiger partial charge in [0.2, 0.25) is 0 Å². The molecule has 56 heavy (non-hydrogen) atoms. The van der Waals surface area contributed by atoms with Gasteiger partial charge in [-0.3, -0.25) is 0 Å². The van der Waals surface area contributed by atoms with Crippen LogP contribution in [0.2, 0.25) is 0 Å². The SMILES string of the molecule is c1ccc(-c2cccc(-c3nc(-c4ccccc4)cc(-c4ccc(-c5cccc(-c6cccc7c(-c8ccccc8)nc8ccccc8c67)c5)cc4)n3)c2)cc1.